The number of furan rings is 1. The van der Waals surface area contributed by atoms with Crippen molar-refractivity contribution in [2.45, 2.75) is 23.9 Å². The minimum absolute atomic E-state index is 0.0653. The predicted molar refractivity (Wildman–Crippen MR) is 88.5 cm³/mol. The van der Waals surface area contributed by atoms with E-state index in [9.17, 15) is 4.79 Å². The van der Waals surface area contributed by atoms with Gasteiger partial charge in [0.25, 0.3) is 0 Å². The number of benzene rings is 1. The monoisotopic (exact) mass is 331 g/mol. The van der Waals surface area contributed by atoms with Crippen LogP contribution < -0.4 is 10.1 Å². The molecule has 0 saturated heterocycles. The van der Waals surface area contributed by atoms with Gasteiger partial charge in [0.2, 0.25) is 5.91 Å². The molecule has 0 aliphatic rings. The van der Waals surface area contributed by atoms with Crippen LogP contribution in [0.5, 0.6) is 5.75 Å². The summed E-state index contributed by atoms with van der Waals surface area (Å²) in [5.41, 5.74) is 1.73. The molecule has 0 saturated carbocycles. The fourth-order valence-electron chi connectivity index (χ4n) is 2.10. The molecule has 2 aromatic heterocycles. The number of fused-ring (bicyclic) bond motifs is 1. The molecule has 0 spiro atoms. The molecule has 0 bridgehead atoms. The Labute approximate surface area is 137 Å². The van der Waals surface area contributed by atoms with Crippen LogP contribution in [0.15, 0.2) is 46.2 Å². The van der Waals surface area contributed by atoms with E-state index in [-0.39, 0.29) is 11.2 Å². The third-order valence-corrected chi connectivity index (χ3v) is 4.33. The Kier molecular flexibility index (Phi) is 4.57. The Bertz CT molecular complexity index is 798. The lowest BCUT2D eigenvalue weighted by molar-refractivity contribution is -0.120. The van der Waals surface area contributed by atoms with Gasteiger partial charge in [-0.2, -0.15) is 0 Å². The lowest BCUT2D eigenvalue weighted by Crippen LogP contribution is -2.30. The van der Waals surface area contributed by atoms with Crippen molar-refractivity contribution in [3.63, 3.8) is 0 Å². The molecule has 0 aliphatic carbocycles. The summed E-state index contributed by atoms with van der Waals surface area (Å²) < 4.78 is 10.4. The molecular weight excluding hydrogens is 314 g/mol. The van der Waals surface area contributed by atoms with Gasteiger partial charge in [-0.1, -0.05) is 11.8 Å². The van der Waals surface area contributed by atoms with Crippen LogP contribution in [0.3, 0.4) is 0 Å². The summed E-state index contributed by atoms with van der Waals surface area (Å²) in [4.78, 5) is 19.8. The maximum Gasteiger partial charge on any atom is 0.233 e. The highest BCUT2D eigenvalue weighted by molar-refractivity contribution is 8.00. The molecule has 3 rings (SSSR count). The second-order valence-corrected chi connectivity index (χ2v) is 6.31. The summed E-state index contributed by atoms with van der Waals surface area (Å²) in [6, 6.07) is 9.24. The first kappa shape index (κ1) is 15.5. The lowest BCUT2D eigenvalue weighted by Gasteiger charge is -2.09. The van der Waals surface area contributed by atoms with Crippen LogP contribution in [0.25, 0.3) is 11.0 Å². The van der Waals surface area contributed by atoms with E-state index in [0.29, 0.717) is 11.7 Å². The van der Waals surface area contributed by atoms with Crippen molar-refractivity contribution in [1.82, 2.24) is 15.3 Å². The van der Waals surface area contributed by atoms with E-state index in [1.54, 1.807) is 19.4 Å². The minimum atomic E-state index is -0.271. The van der Waals surface area contributed by atoms with Gasteiger partial charge < -0.3 is 19.5 Å². The number of H-pyrrole nitrogens is 1. The first-order valence-electron chi connectivity index (χ1n) is 7.16. The molecule has 1 unspecified atom stereocenters. The van der Waals surface area contributed by atoms with E-state index in [1.807, 2.05) is 31.2 Å². The second-order valence-electron chi connectivity index (χ2n) is 4.98. The SMILES string of the molecule is COc1ccc2nc(SC(C)C(=O)NCc3ccco3)[nH]c2c1. The zero-order chi connectivity index (χ0) is 16.2. The van der Waals surface area contributed by atoms with Crippen molar-refractivity contribution in [3.05, 3.63) is 42.4 Å². The minimum Gasteiger partial charge on any atom is -0.497 e. The molecule has 1 aromatic carbocycles. The van der Waals surface area contributed by atoms with Gasteiger partial charge in [0.1, 0.15) is 11.5 Å². The largest absolute Gasteiger partial charge is 0.497 e. The number of carbonyl (C=O) groups is 1. The van der Waals surface area contributed by atoms with Crippen molar-refractivity contribution in [2.24, 2.45) is 0 Å². The standard InChI is InChI=1S/C16H17N3O3S/c1-10(15(20)17-9-12-4-3-7-22-12)23-16-18-13-6-5-11(21-2)8-14(13)19-16/h3-8,10H,9H2,1-2H3,(H,17,20)(H,18,19). The molecule has 6 nitrogen and oxygen atoms in total. The molecule has 1 atom stereocenters. The fraction of sp³-hybridized carbons (Fsp3) is 0.250. The number of nitrogens with zero attached hydrogens (tertiary/aromatic N) is 1. The first-order chi connectivity index (χ1) is 11.2. The predicted octanol–water partition coefficient (Wildman–Crippen LogP) is 2.96. The van der Waals surface area contributed by atoms with Crippen molar-refractivity contribution in [1.29, 1.82) is 0 Å². The molecule has 2 N–H and O–H groups in total. The average Bonchev–Trinajstić information content (AvgIpc) is 3.20. The number of aromatic amines is 1. The van der Waals surface area contributed by atoms with Gasteiger partial charge in [0, 0.05) is 6.07 Å². The van der Waals surface area contributed by atoms with Gasteiger partial charge in [0.15, 0.2) is 5.16 Å². The van der Waals surface area contributed by atoms with Crippen molar-refractivity contribution in [3.8, 4) is 5.75 Å². The van der Waals surface area contributed by atoms with Gasteiger partial charge in [-0.3, -0.25) is 4.79 Å². The first-order valence-corrected chi connectivity index (χ1v) is 8.04. The molecule has 120 valence electrons. The molecule has 0 aliphatic heterocycles. The summed E-state index contributed by atoms with van der Waals surface area (Å²) in [5.74, 6) is 1.43. The quantitative estimate of drug-likeness (QED) is 0.679. The van der Waals surface area contributed by atoms with Crippen LogP contribution in [0.4, 0.5) is 0 Å². The number of methoxy groups -OCH3 is 1. The highest BCUT2D eigenvalue weighted by Crippen LogP contribution is 2.25. The Hall–Kier alpha value is -2.41. The van der Waals surface area contributed by atoms with Crippen LogP contribution in [-0.2, 0) is 11.3 Å². The number of rotatable bonds is 6. The van der Waals surface area contributed by atoms with E-state index in [4.69, 9.17) is 9.15 Å². The van der Waals surface area contributed by atoms with Crippen LogP contribution in [0.2, 0.25) is 0 Å². The van der Waals surface area contributed by atoms with Gasteiger partial charge in [0.05, 0.1) is 36.2 Å². The number of aromatic nitrogens is 2. The Morgan fingerprint density at radius 1 is 1.48 bits per heavy atom. The number of thioether (sulfide) groups is 1. The van der Waals surface area contributed by atoms with Crippen molar-refractivity contribution < 1.29 is 13.9 Å². The summed E-state index contributed by atoms with van der Waals surface area (Å²) in [6.07, 6.45) is 1.59. The van der Waals surface area contributed by atoms with Crippen molar-refractivity contribution in [2.75, 3.05) is 7.11 Å². The van der Waals surface area contributed by atoms with Gasteiger partial charge in [-0.15, -0.1) is 0 Å². The van der Waals surface area contributed by atoms with Gasteiger partial charge in [-0.25, -0.2) is 4.98 Å². The summed E-state index contributed by atoms with van der Waals surface area (Å²) in [6.45, 7) is 2.23. The van der Waals surface area contributed by atoms with Crippen LogP contribution in [0.1, 0.15) is 12.7 Å². The van der Waals surface area contributed by atoms with Crippen molar-refractivity contribution >= 4 is 28.7 Å². The second kappa shape index (κ2) is 6.78. The van der Waals surface area contributed by atoms with Crippen LogP contribution in [-0.4, -0.2) is 28.2 Å². The van der Waals surface area contributed by atoms with E-state index < -0.39 is 0 Å². The molecule has 0 fully saturated rings. The summed E-state index contributed by atoms with van der Waals surface area (Å²) >= 11 is 1.38. The maximum absolute atomic E-state index is 12.1. The average molecular weight is 331 g/mol. The highest BCUT2D eigenvalue weighted by atomic mass is 32.2. The van der Waals surface area contributed by atoms with Crippen LogP contribution in [0, 0.1) is 0 Å². The number of imidazole rings is 1. The van der Waals surface area contributed by atoms with E-state index in [2.05, 4.69) is 15.3 Å². The zero-order valence-corrected chi connectivity index (χ0v) is 13.6. The van der Waals surface area contributed by atoms with E-state index in [0.717, 1.165) is 22.5 Å². The smallest absolute Gasteiger partial charge is 0.233 e. The number of ether oxygens (including phenoxy) is 1. The third-order valence-electron chi connectivity index (χ3n) is 3.34. The number of hydrogen-bond acceptors (Lipinski definition) is 5. The molecule has 1 amide bonds. The maximum atomic E-state index is 12.1. The van der Waals surface area contributed by atoms with Crippen LogP contribution >= 0.6 is 11.8 Å². The number of amides is 1. The summed E-state index contributed by atoms with van der Waals surface area (Å²) in [7, 11) is 1.62. The zero-order valence-electron chi connectivity index (χ0n) is 12.8. The molecule has 2 heterocycles. The molecule has 23 heavy (non-hydrogen) atoms. The number of carbonyl (C=O) groups excluding carboxylic acids is 1. The highest BCUT2D eigenvalue weighted by Gasteiger charge is 2.16. The molecule has 3 aromatic rings. The summed E-state index contributed by atoms with van der Waals surface area (Å²) in [5, 5.41) is 3.27. The molecular formula is C16H17N3O3S. The van der Waals surface area contributed by atoms with E-state index in [1.165, 1.54) is 11.8 Å². The lowest BCUT2D eigenvalue weighted by atomic mass is 10.3. The number of nitrogens with one attached hydrogen (secondary N) is 2. The normalized spacial score (nSPS) is 12.3. The van der Waals surface area contributed by atoms with Gasteiger partial charge >= 0.3 is 0 Å². The Morgan fingerprint density at radius 2 is 2.35 bits per heavy atom. The molecule has 0 radical (unpaired) electrons. The third kappa shape index (κ3) is 3.68. The Balaban J connectivity index is 1.62. The van der Waals surface area contributed by atoms with E-state index >= 15 is 0 Å². The fourth-order valence-corrected chi connectivity index (χ4v) is 2.95. The topological polar surface area (TPSA) is 80.2 Å². The Morgan fingerprint density at radius 3 is 3.09 bits per heavy atom. The molecule has 7 heteroatoms. The van der Waals surface area contributed by atoms with Gasteiger partial charge in [-0.05, 0) is 31.2 Å². The number of hydrogen-bond donors (Lipinski definition) is 2.